The molecule has 66 heavy (non-hydrogen) atoms. The van der Waals surface area contributed by atoms with Crippen molar-refractivity contribution in [2.24, 2.45) is 0 Å². The van der Waals surface area contributed by atoms with Crippen LogP contribution in [0.5, 0.6) is 0 Å². The predicted molar refractivity (Wildman–Crippen MR) is 276 cm³/mol. The lowest BCUT2D eigenvalue weighted by Crippen LogP contribution is -2.00. The van der Waals surface area contributed by atoms with E-state index in [1.807, 2.05) is 0 Å². The Balaban J connectivity index is 0.988. The topological polar surface area (TPSA) is 38.7 Å². The fraction of sp³-hybridized carbons (Fsp3) is 0. The van der Waals surface area contributed by atoms with Gasteiger partial charge in [-0.15, -0.1) is 0 Å². The van der Waals surface area contributed by atoms with E-state index in [9.17, 15) is 0 Å². The predicted octanol–water partition coefficient (Wildman–Crippen LogP) is 16.7. The summed E-state index contributed by atoms with van der Waals surface area (Å²) in [7, 11) is 0. The minimum atomic E-state index is 0.614. The molecule has 12 rings (SSSR count). The second-order valence-corrected chi connectivity index (χ2v) is 16.8. The van der Waals surface area contributed by atoms with Gasteiger partial charge in [-0.2, -0.15) is 0 Å². The van der Waals surface area contributed by atoms with E-state index in [1.165, 1.54) is 65.7 Å². The van der Waals surface area contributed by atoms with Crippen LogP contribution in [-0.2, 0) is 0 Å². The van der Waals surface area contributed by atoms with E-state index in [-0.39, 0.29) is 0 Å². The molecule has 0 N–H and O–H groups in total. The van der Waals surface area contributed by atoms with Crippen LogP contribution in [0.4, 0.5) is 0 Å². The smallest absolute Gasteiger partial charge is 0.164 e. The molecule has 0 bridgehead atoms. The minimum Gasteiger partial charge on any atom is -0.208 e. The van der Waals surface area contributed by atoms with Crippen LogP contribution in [0.15, 0.2) is 249 Å². The first-order chi connectivity index (χ1) is 32.7. The van der Waals surface area contributed by atoms with Gasteiger partial charge in [0.1, 0.15) is 0 Å². The van der Waals surface area contributed by atoms with Crippen molar-refractivity contribution in [1.82, 2.24) is 15.0 Å². The standard InChI is InChI=1S/C63H41N3/c1-3-16-42(17-4-1)52-40-47-21-8-10-28-57(47)60(41-52)45-34-36-46(37-35-45)61-64-62(50-25-11-23-48(38-50)55-29-13-22-44-20-7-9-27-53(44)55)66-63(65-61)51-26-12-24-49(39-51)56-31-15-32-58-54(30-14-33-59(56)58)43-18-5-2-6-19-43/h1-41H. The van der Waals surface area contributed by atoms with Crippen molar-refractivity contribution in [3.63, 3.8) is 0 Å². The maximum Gasteiger partial charge on any atom is 0.164 e. The van der Waals surface area contributed by atoms with Crippen LogP contribution in [0.2, 0.25) is 0 Å². The lowest BCUT2D eigenvalue weighted by Gasteiger charge is -2.14. The van der Waals surface area contributed by atoms with Gasteiger partial charge < -0.3 is 0 Å². The van der Waals surface area contributed by atoms with Crippen LogP contribution in [0.1, 0.15) is 0 Å². The van der Waals surface area contributed by atoms with Gasteiger partial charge in [-0.3, -0.25) is 0 Å². The average molecular weight is 840 g/mol. The highest BCUT2D eigenvalue weighted by atomic mass is 15.0. The first-order valence-corrected chi connectivity index (χ1v) is 22.4. The first kappa shape index (κ1) is 38.9. The molecule has 308 valence electrons. The number of benzene rings is 11. The molecule has 11 aromatic carbocycles. The van der Waals surface area contributed by atoms with Gasteiger partial charge in [0.2, 0.25) is 0 Å². The average Bonchev–Trinajstić information content (AvgIpc) is 3.40. The summed E-state index contributed by atoms with van der Waals surface area (Å²) in [5.41, 5.74) is 14.4. The van der Waals surface area contributed by atoms with Crippen molar-refractivity contribution in [2.45, 2.75) is 0 Å². The fourth-order valence-electron chi connectivity index (χ4n) is 9.47. The molecule has 0 amide bonds. The molecule has 0 radical (unpaired) electrons. The highest BCUT2D eigenvalue weighted by Gasteiger charge is 2.17. The SMILES string of the molecule is c1ccc(-c2cc(-c3ccc(-c4nc(-c5cccc(-c6cccc7ccccc67)c5)nc(-c5cccc(-c6cccc7c(-c8ccccc8)cccc67)c5)n4)cc3)c3ccccc3c2)cc1. The molecule has 1 aromatic heterocycles. The Labute approximate surface area is 384 Å². The number of nitrogens with zero attached hydrogens (tertiary/aromatic N) is 3. The van der Waals surface area contributed by atoms with Gasteiger partial charge in [-0.25, -0.2) is 15.0 Å². The molecule has 0 atom stereocenters. The monoisotopic (exact) mass is 839 g/mol. The van der Waals surface area contributed by atoms with Gasteiger partial charge in [-0.1, -0.05) is 224 Å². The van der Waals surface area contributed by atoms with E-state index in [4.69, 9.17) is 15.0 Å². The zero-order valence-corrected chi connectivity index (χ0v) is 36.0. The van der Waals surface area contributed by atoms with Crippen molar-refractivity contribution in [3.8, 4) is 89.8 Å². The quantitative estimate of drug-likeness (QED) is 0.153. The maximum absolute atomic E-state index is 5.26. The van der Waals surface area contributed by atoms with Crippen LogP contribution in [0.3, 0.4) is 0 Å². The van der Waals surface area contributed by atoms with E-state index >= 15 is 0 Å². The fourth-order valence-corrected chi connectivity index (χ4v) is 9.47. The molecule has 3 heteroatoms. The summed E-state index contributed by atoms with van der Waals surface area (Å²) >= 11 is 0. The number of hydrogen-bond acceptors (Lipinski definition) is 3. The molecule has 0 unspecified atom stereocenters. The second kappa shape index (κ2) is 16.7. The molecule has 0 fully saturated rings. The van der Waals surface area contributed by atoms with Gasteiger partial charge in [0.15, 0.2) is 17.5 Å². The Morgan fingerprint density at radius 3 is 1.18 bits per heavy atom. The molecule has 0 aliphatic rings. The van der Waals surface area contributed by atoms with E-state index in [2.05, 4.69) is 249 Å². The van der Waals surface area contributed by atoms with E-state index in [0.717, 1.165) is 38.9 Å². The highest BCUT2D eigenvalue weighted by molar-refractivity contribution is 6.05. The highest BCUT2D eigenvalue weighted by Crippen LogP contribution is 2.39. The van der Waals surface area contributed by atoms with Crippen LogP contribution in [-0.4, -0.2) is 15.0 Å². The molecule has 0 aliphatic heterocycles. The number of hydrogen-bond donors (Lipinski definition) is 0. The van der Waals surface area contributed by atoms with Gasteiger partial charge in [0.05, 0.1) is 0 Å². The number of fused-ring (bicyclic) bond motifs is 3. The summed E-state index contributed by atoms with van der Waals surface area (Å²) in [6.07, 6.45) is 0. The van der Waals surface area contributed by atoms with Gasteiger partial charge in [0, 0.05) is 16.7 Å². The summed E-state index contributed by atoms with van der Waals surface area (Å²) < 4.78 is 0. The lowest BCUT2D eigenvalue weighted by molar-refractivity contribution is 1.07. The first-order valence-electron chi connectivity index (χ1n) is 22.4. The summed E-state index contributed by atoms with van der Waals surface area (Å²) in [4.78, 5) is 15.8. The molecule has 3 nitrogen and oxygen atoms in total. The molecule has 0 saturated heterocycles. The van der Waals surface area contributed by atoms with Crippen molar-refractivity contribution in [3.05, 3.63) is 249 Å². The third kappa shape index (κ3) is 7.29. The molecule has 0 saturated carbocycles. The summed E-state index contributed by atoms with van der Waals surface area (Å²) in [5, 5.41) is 7.24. The minimum absolute atomic E-state index is 0.614. The third-order valence-electron chi connectivity index (χ3n) is 12.7. The van der Waals surface area contributed by atoms with Crippen molar-refractivity contribution in [1.29, 1.82) is 0 Å². The summed E-state index contributed by atoms with van der Waals surface area (Å²) in [6.45, 7) is 0. The maximum atomic E-state index is 5.26. The van der Waals surface area contributed by atoms with Crippen LogP contribution in [0.25, 0.3) is 122 Å². The van der Waals surface area contributed by atoms with E-state index in [1.54, 1.807) is 0 Å². The largest absolute Gasteiger partial charge is 0.208 e. The Morgan fingerprint density at radius 1 is 0.182 bits per heavy atom. The number of rotatable bonds is 8. The van der Waals surface area contributed by atoms with E-state index in [0.29, 0.717) is 17.5 Å². The van der Waals surface area contributed by atoms with Gasteiger partial charge >= 0.3 is 0 Å². The Morgan fingerprint density at radius 2 is 0.561 bits per heavy atom. The third-order valence-corrected chi connectivity index (χ3v) is 12.7. The van der Waals surface area contributed by atoms with Crippen LogP contribution >= 0.6 is 0 Å². The molecule has 0 aliphatic carbocycles. The zero-order chi connectivity index (χ0) is 43.8. The molecule has 1 heterocycles. The van der Waals surface area contributed by atoms with Crippen LogP contribution in [0, 0.1) is 0 Å². The Kier molecular flexibility index (Phi) is 9.85. The van der Waals surface area contributed by atoms with Crippen LogP contribution < -0.4 is 0 Å². The second-order valence-electron chi connectivity index (χ2n) is 16.8. The molecule has 0 spiro atoms. The van der Waals surface area contributed by atoms with Gasteiger partial charge in [-0.05, 0) is 112 Å². The van der Waals surface area contributed by atoms with E-state index < -0.39 is 0 Å². The zero-order valence-electron chi connectivity index (χ0n) is 36.0. The van der Waals surface area contributed by atoms with Crippen molar-refractivity contribution >= 4 is 32.3 Å². The Hall–Kier alpha value is -8.79. The summed E-state index contributed by atoms with van der Waals surface area (Å²) in [6, 6.07) is 88.4. The summed E-state index contributed by atoms with van der Waals surface area (Å²) in [5.74, 6) is 1.84. The molecular weight excluding hydrogens is 799 g/mol. The van der Waals surface area contributed by atoms with Crippen molar-refractivity contribution < 1.29 is 0 Å². The molecule has 12 aromatic rings. The molecular formula is C63H41N3. The van der Waals surface area contributed by atoms with Gasteiger partial charge in [0.25, 0.3) is 0 Å². The van der Waals surface area contributed by atoms with Crippen molar-refractivity contribution in [2.75, 3.05) is 0 Å². The number of aromatic nitrogens is 3. The Bertz CT molecular complexity index is 3740. The lowest BCUT2D eigenvalue weighted by atomic mass is 9.92. The normalized spacial score (nSPS) is 11.3.